The van der Waals surface area contributed by atoms with Gasteiger partial charge in [0.15, 0.2) is 0 Å². The van der Waals surface area contributed by atoms with Gasteiger partial charge in [0.1, 0.15) is 5.60 Å². The van der Waals surface area contributed by atoms with E-state index in [4.69, 9.17) is 4.74 Å². The Hall–Kier alpha value is -0.820. The van der Waals surface area contributed by atoms with E-state index >= 15 is 0 Å². The van der Waals surface area contributed by atoms with E-state index in [1.807, 2.05) is 25.7 Å². The van der Waals surface area contributed by atoms with Crippen molar-refractivity contribution < 1.29 is 9.53 Å². The molecule has 2 fully saturated rings. The average Bonchev–Trinajstić information content (AvgIpc) is 2.82. The minimum Gasteiger partial charge on any atom is -0.444 e. The van der Waals surface area contributed by atoms with E-state index in [0.29, 0.717) is 3.92 Å². The first-order valence-corrected chi connectivity index (χ1v) is 10.4. The molecule has 25 heavy (non-hydrogen) atoms. The van der Waals surface area contributed by atoms with E-state index < -0.39 is 5.60 Å². The van der Waals surface area contributed by atoms with Gasteiger partial charge in [-0.2, -0.15) is 0 Å². The van der Waals surface area contributed by atoms with Crippen molar-refractivity contribution in [3.8, 4) is 0 Å². The normalized spacial score (nSPS) is 23.8. The van der Waals surface area contributed by atoms with E-state index in [-0.39, 0.29) is 11.6 Å². The van der Waals surface area contributed by atoms with Gasteiger partial charge in [0, 0.05) is 35.6 Å². The molecule has 2 aliphatic rings. The molecule has 2 saturated heterocycles. The maximum Gasteiger partial charge on any atom is 0.410 e. The van der Waals surface area contributed by atoms with E-state index in [1.165, 1.54) is 12.0 Å². The second-order valence-corrected chi connectivity index (χ2v) is 10.1. The predicted molar refractivity (Wildman–Crippen MR) is 109 cm³/mol. The fourth-order valence-electron chi connectivity index (χ4n) is 4.03. The van der Waals surface area contributed by atoms with E-state index in [2.05, 4.69) is 57.8 Å². The fourth-order valence-corrected chi connectivity index (χ4v) is 5.32. The van der Waals surface area contributed by atoms with E-state index in [1.54, 1.807) is 0 Å². The molecule has 0 saturated carbocycles. The Balaban J connectivity index is 1.64. The molecule has 0 radical (unpaired) electrons. The lowest BCUT2D eigenvalue weighted by molar-refractivity contribution is 0.00166. The number of benzene rings is 1. The molecule has 0 aromatic heterocycles. The topological polar surface area (TPSA) is 32.8 Å². The number of halogens is 1. The van der Waals surface area contributed by atoms with Crippen LogP contribution >= 0.6 is 22.6 Å². The number of likely N-dealkylation sites (tertiary alicyclic amines) is 2. The number of piperidine rings is 1. The molecule has 3 rings (SSSR count). The highest BCUT2D eigenvalue weighted by atomic mass is 127. The highest BCUT2D eigenvalue weighted by Gasteiger charge is 2.47. The Bertz CT molecular complexity index is 591. The molecule has 0 aliphatic carbocycles. The molecule has 0 unspecified atom stereocenters. The minimum absolute atomic E-state index is 0.166. The summed E-state index contributed by atoms with van der Waals surface area (Å²) in [5.74, 6) is 0. The predicted octanol–water partition coefficient (Wildman–Crippen LogP) is 4.47. The molecule has 1 aromatic rings. The van der Waals surface area contributed by atoms with Gasteiger partial charge in [-0.25, -0.2) is 4.79 Å². The Morgan fingerprint density at radius 1 is 1.24 bits per heavy atom. The fraction of sp³-hybridized carbons (Fsp3) is 0.650. The van der Waals surface area contributed by atoms with E-state index in [0.717, 1.165) is 39.0 Å². The number of carbonyl (C=O) groups excluding carboxylic acids is 1. The molecule has 2 heterocycles. The van der Waals surface area contributed by atoms with Crippen molar-refractivity contribution in [2.75, 3.05) is 19.6 Å². The third-order valence-electron chi connectivity index (χ3n) is 5.25. The van der Waals surface area contributed by atoms with Gasteiger partial charge in [-0.1, -0.05) is 52.9 Å². The number of alkyl halides is 1. The smallest absolute Gasteiger partial charge is 0.410 e. The Labute approximate surface area is 165 Å². The lowest BCUT2D eigenvalue weighted by Gasteiger charge is -2.45. The maximum atomic E-state index is 12.3. The first-order chi connectivity index (χ1) is 11.8. The molecular weight excluding hydrogens is 427 g/mol. The summed E-state index contributed by atoms with van der Waals surface area (Å²) in [6, 6.07) is 10.7. The molecule has 4 nitrogen and oxygen atoms in total. The van der Waals surface area contributed by atoms with Crippen molar-refractivity contribution in [3.63, 3.8) is 0 Å². The second kappa shape index (κ2) is 7.43. The van der Waals surface area contributed by atoms with Crippen LogP contribution < -0.4 is 0 Å². The zero-order valence-corrected chi connectivity index (χ0v) is 17.7. The molecule has 138 valence electrons. The SMILES string of the molecule is CC(C)(C)OC(=O)N1CCC2(CC1)C[C@H](I)CN2Cc1ccccc1. The molecular formula is C20H29IN2O2. The first-order valence-electron chi connectivity index (χ1n) is 9.18. The van der Waals surface area contributed by atoms with Gasteiger partial charge in [-0.05, 0) is 45.6 Å². The van der Waals surface area contributed by atoms with Crippen LogP contribution in [-0.2, 0) is 11.3 Å². The minimum atomic E-state index is -0.424. The van der Waals surface area contributed by atoms with Gasteiger partial charge < -0.3 is 9.64 Å². The summed E-state index contributed by atoms with van der Waals surface area (Å²) in [5.41, 5.74) is 1.19. The van der Waals surface area contributed by atoms with Crippen molar-refractivity contribution in [2.24, 2.45) is 0 Å². The van der Waals surface area contributed by atoms with Crippen LogP contribution in [0.4, 0.5) is 4.79 Å². The molecule has 0 N–H and O–H groups in total. The summed E-state index contributed by atoms with van der Waals surface area (Å²) in [7, 11) is 0. The van der Waals surface area contributed by atoms with Crippen LogP contribution in [-0.4, -0.2) is 50.6 Å². The highest BCUT2D eigenvalue weighted by Crippen LogP contribution is 2.42. The molecule has 1 aromatic carbocycles. The van der Waals surface area contributed by atoms with Crippen LogP contribution in [0.1, 0.15) is 45.6 Å². The first kappa shape index (κ1) is 19.0. The number of nitrogens with zero attached hydrogens (tertiary/aromatic N) is 2. The number of carbonyl (C=O) groups is 1. The Morgan fingerprint density at radius 3 is 2.48 bits per heavy atom. The molecule has 1 amide bonds. The van der Waals surface area contributed by atoms with E-state index in [9.17, 15) is 4.79 Å². The lowest BCUT2D eigenvalue weighted by atomic mass is 9.85. The van der Waals surface area contributed by atoms with Gasteiger partial charge >= 0.3 is 6.09 Å². The summed E-state index contributed by atoms with van der Waals surface area (Å²) < 4.78 is 6.23. The van der Waals surface area contributed by atoms with Crippen LogP contribution in [0.2, 0.25) is 0 Å². The lowest BCUT2D eigenvalue weighted by Crippen LogP contribution is -2.53. The van der Waals surface area contributed by atoms with Crippen molar-refractivity contribution in [3.05, 3.63) is 35.9 Å². The molecule has 1 atom stereocenters. The van der Waals surface area contributed by atoms with Gasteiger partial charge in [0.25, 0.3) is 0 Å². The monoisotopic (exact) mass is 456 g/mol. The standard InChI is InChI=1S/C20H29IN2O2/c1-19(2,3)25-18(24)22-11-9-20(10-12-22)13-17(21)15-23(20)14-16-7-5-4-6-8-16/h4-8,17H,9-15H2,1-3H3/t17-/m0/s1. The number of hydrogen-bond acceptors (Lipinski definition) is 3. The van der Waals surface area contributed by atoms with Crippen LogP contribution in [0, 0.1) is 0 Å². The zero-order chi connectivity index (χ0) is 18.1. The number of rotatable bonds is 2. The summed E-state index contributed by atoms with van der Waals surface area (Å²) in [4.78, 5) is 16.9. The van der Waals surface area contributed by atoms with Gasteiger partial charge in [0.2, 0.25) is 0 Å². The molecule has 0 bridgehead atoms. The zero-order valence-electron chi connectivity index (χ0n) is 15.5. The number of ether oxygens (including phenoxy) is 1. The van der Waals surface area contributed by atoms with Crippen molar-refractivity contribution in [1.82, 2.24) is 9.80 Å². The summed E-state index contributed by atoms with van der Waals surface area (Å²) in [6.07, 6.45) is 3.14. The Kier molecular flexibility index (Phi) is 5.63. The third-order valence-corrected chi connectivity index (χ3v) is 6.09. The number of amides is 1. The van der Waals surface area contributed by atoms with Crippen LogP contribution in [0.15, 0.2) is 30.3 Å². The second-order valence-electron chi connectivity index (χ2n) is 8.36. The van der Waals surface area contributed by atoms with Gasteiger partial charge in [0.05, 0.1) is 0 Å². The van der Waals surface area contributed by atoms with Crippen LogP contribution in [0.3, 0.4) is 0 Å². The Morgan fingerprint density at radius 2 is 1.88 bits per heavy atom. The van der Waals surface area contributed by atoms with Crippen LogP contribution in [0.5, 0.6) is 0 Å². The number of hydrogen-bond donors (Lipinski definition) is 0. The summed E-state index contributed by atoms with van der Waals surface area (Å²) >= 11 is 2.59. The van der Waals surface area contributed by atoms with Crippen molar-refractivity contribution in [2.45, 2.75) is 61.6 Å². The average molecular weight is 456 g/mol. The third kappa shape index (κ3) is 4.67. The maximum absolute atomic E-state index is 12.3. The quantitative estimate of drug-likeness (QED) is 0.487. The van der Waals surface area contributed by atoms with Crippen molar-refractivity contribution >= 4 is 28.7 Å². The van der Waals surface area contributed by atoms with Gasteiger partial charge in [-0.15, -0.1) is 0 Å². The summed E-state index contributed by atoms with van der Waals surface area (Å²) in [5, 5.41) is 0. The molecule has 5 heteroatoms. The van der Waals surface area contributed by atoms with Crippen LogP contribution in [0.25, 0.3) is 0 Å². The van der Waals surface area contributed by atoms with Gasteiger partial charge in [-0.3, -0.25) is 4.90 Å². The molecule has 2 aliphatic heterocycles. The highest BCUT2D eigenvalue weighted by molar-refractivity contribution is 14.1. The molecule has 1 spiro atoms. The van der Waals surface area contributed by atoms with Crippen molar-refractivity contribution in [1.29, 1.82) is 0 Å². The largest absolute Gasteiger partial charge is 0.444 e. The summed E-state index contributed by atoms with van der Waals surface area (Å²) in [6.45, 7) is 9.52.